The van der Waals surface area contributed by atoms with Crippen molar-refractivity contribution >= 4 is 34.0 Å². The summed E-state index contributed by atoms with van der Waals surface area (Å²) in [4.78, 5) is 30.8. The molecule has 0 spiro atoms. The van der Waals surface area contributed by atoms with Crippen molar-refractivity contribution < 1.29 is 9.59 Å². The van der Waals surface area contributed by atoms with Crippen LogP contribution in [0.15, 0.2) is 78.9 Å². The summed E-state index contributed by atoms with van der Waals surface area (Å²) in [7, 11) is 0. The van der Waals surface area contributed by atoms with Gasteiger partial charge in [0.1, 0.15) is 0 Å². The smallest absolute Gasteiger partial charge is 0.257 e. The predicted molar refractivity (Wildman–Crippen MR) is 126 cm³/mol. The van der Waals surface area contributed by atoms with Crippen molar-refractivity contribution in [2.45, 2.75) is 13.8 Å². The van der Waals surface area contributed by atoms with Crippen LogP contribution in [0.1, 0.15) is 32.0 Å². The number of aromatic nitrogens is 1. The first-order valence-corrected chi connectivity index (χ1v) is 10.6. The fourth-order valence-electron chi connectivity index (χ4n) is 3.16. The lowest BCUT2D eigenvalue weighted by Crippen LogP contribution is -2.15. The van der Waals surface area contributed by atoms with Gasteiger partial charge in [-0.05, 0) is 49.2 Å². The van der Waals surface area contributed by atoms with Crippen molar-refractivity contribution in [3.05, 3.63) is 101 Å². The fraction of sp³-hybridized carbons (Fsp3) is 0.0800. The summed E-state index contributed by atoms with van der Waals surface area (Å²) < 4.78 is 0. The van der Waals surface area contributed by atoms with E-state index in [-0.39, 0.29) is 11.8 Å². The Morgan fingerprint density at radius 1 is 0.774 bits per heavy atom. The quantitative estimate of drug-likeness (QED) is 0.415. The third-order valence-electron chi connectivity index (χ3n) is 4.84. The summed E-state index contributed by atoms with van der Waals surface area (Å²) in [6.07, 6.45) is 0. The maximum absolute atomic E-state index is 12.8. The number of nitrogens with zero attached hydrogens (tertiary/aromatic N) is 1. The summed E-state index contributed by atoms with van der Waals surface area (Å²) in [5, 5.41) is 6.30. The molecule has 2 amide bonds. The monoisotopic (exact) mass is 427 g/mol. The summed E-state index contributed by atoms with van der Waals surface area (Å²) in [5.41, 5.74) is 4.41. The Morgan fingerprint density at radius 3 is 2.13 bits per heavy atom. The molecule has 0 aliphatic heterocycles. The first-order chi connectivity index (χ1) is 15.0. The maximum atomic E-state index is 12.8. The highest BCUT2D eigenvalue weighted by atomic mass is 32.1. The molecule has 0 radical (unpaired) electrons. The number of hydrogen-bond acceptors (Lipinski definition) is 4. The van der Waals surface area contributed by atoms with Gasteiger partial charge in [-0.2, -0.15) is 0 Å². The molecule has 1 heterocycles. The number of rotatable bonds is 5. The number of carbonyl (C=O) groups is 2. The van der Waals surface area contributed by atoms with E-state index in [1.54, 1.807) is 24.3 Å². The molecule has 3 aromatic carbocycles. The van der Waals surface area contributed by atoms with Crippen LogP contribution in [0.3, 0.4) is 0 Å². The number of nitrogens with one attached hydrogen (secondary N) is 2. The molecule has 154 valence electrons. The topological polar surface area (TPSA) is 71.1 Å². The largest absolute Gasteiger partial charge is 0.322 e. The second-order valence-corrected chi connectivity index (χ2v) is 8.10. The summed E-state index contributed by atoms with van der Waals surface area (Å²) in [5.74, 6) is -0.493. The van der Waals surface area contributed by atoms with Crippen LogP contribution in [-0.2, 0) is 0 Å². The van der Waals surface area contributed by atoms with E-state index >= 15 is 0 Å². The standard InChI is InChI=1S/C25H21N3O2S/c1-16-13-14-20(15-21(16)27-23(29)19-11-7-4-8-12-19)24(30)28-25-26-17(2)22(31-25)18-9-5-3-6-10-18/h3-15H,1-2H3,(H,27,29)(H,26,28,30). The zero-order chi connectivity index (χ0) is 21.8. The van der Waals surface area contributed by atoms with E-state index in [9.17, 15) is 9.59 Å². The minimum absolute atomic E-state index is 0.218. The van der Waals surface area contributed by atoms with E-state index in [0.717, 1.165) is 21.7 Å². The van der Waals surface area contributed by atoms with Crippen LogP contribution in [0.5, 0.6) is 0 Å². The Kier molecular flexibility index (Phi) is 5.91. The van der Waals surface area contributed by atoms with Crippen molar-refractivity contribution in [1.82, 2.24) is 4.98 Å². The normalized spacial score (nSPS) is 10.5. The van der Waals surface area contributed by atoms with Crippen molar-refractivity contribution in [3.8, 4) is 10.4 Å². The van der Waals surface area contributed by atoms with E-state index in [0.29, 0.717) is 21.9 Å². The number of amides is 2. The van der Waals surface area contributed by atoms with Gasteiger partial charge >= 0.3 is 0 Å². The van der Waals surface area contributed by atoms with E-state index in [4.69, 9.17) is 0 Å². The first-order valence-electron chi connectivity index (χ1n) is 9.82. The molecular formula is C25H21N3O2S. The Bertz CT molecular complexity index is 1230. The van der Waals surface area contributed by atoms with Crippen molar-refractivity contribution in [2.75, 3.05) is 10.6 Å². The summed E-state index contributed by atoms with van der Waals surface area (Å²) >= 11 is 1.44. The minimum atomic E-state index is -0.274. The van der Waals surface area contributed by atoms with Gasteiger partial charge in [-0.25, -0.2) is 4.98 Å². The molecule has 0 aliphatic rings. The van der Waals surface area contributed by atoms with Gasteiger partial charge in [0.2, 0.25) is 0 Å². The molecule has 0 saturated heterocycles. The van der Waals surface area contributed by atoms with Crippen LogP contribution in [-0.4, -0.2) is 16.8 Å². The highest BCUT2D eigenvalue weighted by molar-refractivity contribution is 7.19. The van der Waals surface area contributed by atoms with Crippen LogP contribution in [0.25, 0.3) is 10.4 Å². The second-order valence-electron chi connectivity index (χ2n) is 7.10. The number of thiazole rings is 1. The lowest BCUT2D eigenvalue weighted by atomic mass is 10.1. The highest BCUT2D eigenvalue weighted by Gasteiger charge is 2.15. The molecule has 0 unspecified atom stereocenters. The Balaban J connectivity index is 1.52. The van der Waals surface area contributed by atoms with E-state index in [1.807, 2.05) is 68.4 Å². The van der Waals surface area contributed by atoms with Crippen LogP contribution < -0.4 is 10.6 Å². The van der Waals surface area contributed by atoms with Gasteiger partial charge in [0.15, 0.2) is 5.13 Å². The zero-order valence-electron chi connectivity index (χ0n) is 17.2. The van der Waals surface area contributed by atoms with Crippen molar-refractivity contribution in [3.63, 3.8) is 0 Å². The zero-order valence-corrected chi connectivity index (χ0v) is 18.0. The molecule has 0 fully saturated rings. The molecule has 4 aromatic rings. The van der Waals surface area contributed by atoms with Crippen LogP contribution in [0, 0.1) is 13.8 Å². The van der Waals surface area contributed by atoms with Gasteiger partial charge in [0.05, 0.1) is 10.6 Å². The third kappa shape index (κ3) is 4.70. The average Bonchev–Trinajstić information content (AvgIpc) is 3.16. The SMILES string of the molecule is Cc1ccc(C(=O)Nc2nc(C)c(-c3ccccc3)s2)cc1NC(=O)c1ccccc1. The molecule has 5 nitrogen and oxygen atoms in total. The lowest BCUT2D eigenvalue weighted by molar-refractivity contribution is 0.101. The van der Waals surface area contributed by atoms with Crippen LogP contribution >= 0.6 is 11.3 Å². The van der Waals surface area contributed by atoms with Gasteiger partial charge in [-0.3, -0.25) is 14.9 Å². The minimum Gasteiger partial charge on any atom is -0.322 e. The number of carbonyl (C=O) groups excluding carboxylic acids is 2. The summed E-state index contributed by atoms with van der Waals surface area (Å²) in [6.45, 7) is 3.82. The Morgan fingerprint density at radius 2 is 1.42 bits per heavy atom. The van der Waals surface area contributed by atoms with Crippen LogP contribution in [0.4, 0.5) is 10.8 Å². The summed E-state index contributed by atoms with van der Waals surface area (Å²) in [6, 6.07) is 24.2. The van der Waals surface area contributed by atoms with Gasteiger partial charge < -0.3 is 5.32 Å². The van der Waals surface area contributed by atoms with E-state index in [1.165, 1.54) is 11.3 Å². The molecule has 4 rings (SSSR count). The molecule has 0 atom stereocenters. The van der Waals surface area contributed by atoms with E-state index < -0.39 is 0 Å². The first kappa shape index (κ1) is 20.5. The molecule has 2 N–H and O–H groups in total. The van der Waals surface area contributed by atoms with Gasteiger partial charge in [-0.15, -0.1) is 0 Å². The number of aryl methyl sites for hydroxylation is 2. The number of anilines is 2. The molecule has 31 heavy (non-hydrogen) atoms. The molecule has 6 heteroatoms. The molecule has 0 saturated carbocycles. The van der Waals surface area contributed by atoms with Crippen LogP contribution in [0.2, 0.25) is 0 Å². The molecule has 0 aliphatic carbocycles. The number of benzene rings is 3. The Hall–Kier alpha value is -3.77. The lowest BCUT2D eigenvalue weighted by Gasteiger charge is -2.10. The third-order valence-corrected chi connectivity index (χ3v) is 5.96. The molecule has 0 bridgehead atoms. The van der Waals surface area contributed by atoms with Gasteiger partial charge in [0, 0.05) is 16.8 Å². The second kappa shape index (κ2) is 8.93. The van der Waals surface area contributed by atoms with Gasteiger partial charge in [0.25, 0.3) is 11.8 Å². The average molecular weight is 428 g/mol. The maximum Gasteiger partial charge on any atom is 0.257 e. The molecular weight excluding hydrogens is 406 g/mol. The molecule has 1 aromatic heterocycles. The Labute approximate surface area is 184 Å². The van der Waals surface area contributed by atoms with Gasteiger partial charge in [-0.1, -0.05) is 65.9 Å². The predicted octanol–water partition coefficient (Wildman–Crippen LogP) is 5.93. The highest BCUT2D eigenvalue weighted by Crippen LogP contribution is 2.32. The van der Waals surface area contributed by atoms with E-state index in [2.05, 4.69) is 15.6 Å². The number of hydrogen-bond donors (Lipinski definition) is 2. The van der Waals surface area contributed by atoms with Crippen molar-refractivity contribution in [1.29, 1.82) is 0 Å². The fourth-order valence-corrected chi connectivity index (χ4v) is 4.13. The van der Waals surface area contributed by atoms with Crippen molar-refractivity contribution in [2.24, 2.45) is 0 Å².